The minimum absolute atomic E-state index is 0.254. The Kier molecular flexibility index (Phi) is 9.21. The number of hydrogen-bond acceptors (Lipinski definition) is 8. The fraction of sp³-hybridized carbons (Fsp3) is 0.182. The first-order chi connectivity index (χ1) is 20.4. The number of rotatable bonds is 9. The zero-order valence-electron chi connectivity index (χ0n) is 22.7. The predicted octanol–water partition coefficient (Wildman–Crippen LogP) is 5.14. The highest BCUT2D eigenvalue weighted by atomic mass is 32.2. The number of carbonyl (C=O) groups excluding carboxylic acids is 3. The molecular formula is C33H28O8S. The lowest BCUT2D eigenvalue weighted by Crippen LogP contribution is -2.42. The maximum absolute atomic E-state index is 13.8. The minimum atomic E-state index is -1.85. The van der Waals surface area contributed by atoms with Gasteiger partial charge in [0.25, 0.3) is 0 Å². The Labute approximate surface area is 245 Å². The van der Waals surface area contributed by atoms with Crippen molar-refractivity contribution in [3.8, 4) is 0 Å². The van der Waals surface area contributed by atoms with E-state index in [2.05, 4.69) is 0 Å². The summed E-state index contributed by atoms with van der Waals surface area (Å²) in [4.78, 5) is 39.6. The van der Waals surface area contributed by atoms with Crippen LogP contribution in [0.15, 0.2) is 120 Å². The van der Waals surface area contributed by atoms with E-state index in [9.17, 15) is 18.6 Å². The molecule has 4 aromatic carbocycles. The highest BCUT2D eigenvalue weighted by Crippen LogP contribution is 2.33. The summed E-state index contributed by atoms with van der Waals surface area (Å²) in [5.74, 6) is -2.03. The largest absolute Gasteiger partial charge is 0.459 e. The first kappa shape index (κ1) is 28.9. The molecule has 0 aliphatic carbocycles. The number of ether oxygens (including phenoxy) is 4. The van der Waals surface area contributed by atoms with Crippen molar-refractivity contribution in [1.82, 2.24) is 0 Å². The van der Waals surface area contributed by atoms with E-state index in [1.165, 1.54) is 0 Å². The van der Waals surface area contributed by atoms with Crippen molar-refractivity contribution >= 4 is 28.7 Å². The standard InChI is InChI=1S/C33H28O8S/c1-22-17-19-26(20-18-22)42(37)33-29(41-32(36)25-15-9-4-10-16-25)28(40-31(35)24-13-7-3-8-14-24)27(39-33)21-38-30(34)23-11-5-2-6-12-23/h2-20,27-29,33H,21H2,1H3/t27-,28-,29+,33-,42?/m1/s1. The molecule has 4 aromatic rings. The van der Waals surface area contributed by atoms with Gasteiger partial charge in [-0.25, -0.2) is 14.4 Å². The summed E-state index contributed by atoms with van der Waals surface area (Å²) in [5.41, 5.74) is 0.572. The molecule has 214 valence electrons. The first-order valence-corrected chi connectivity index (χ1v) is 14.5. The Hall–Kier alpha value is -4.60. The Morgan fingerprint density at radius 2 is 1.10 bits per heavy atom. The van der Waals surface area contributed by atoms with Gasteiger partial charge in [-0.05, 0) is 55.5 Å². The summed E-state index contributed by atoms with van der Waals surface area (Å²) in [6.45, 7) is 1.56. The van der Waals surface area contributed by atoms with Crippen LogP contribution in [-0.2, 0) is 29.7 Å². The lowest BCUT2D eigenvalue weighted by atomic mass is 10.1. The van der Waals surface area contributed by atoms with Crippen LogP contribution < -0.4 is 0 Å². The summed E-state index contributed by atoms with van der Waals surface area (Å²) < 4.78 is 37.3. The van der Waals surface area contributed by atoms with Gasteiger partial charge < -0.3 is 18.9 Å². The van der Waals surface area contributed by atoms with Crippen LogP contribution in [0.4, 0.5) is 0 Å². The Morgan fingerprint density at radius 1 is 0.643 bits per heavy atom. The first-order valence-electron chi connectivity index (χ1n) is 13.3. The number of esters is 3. The van der Waals surface area contributed by atoms with Crippen LogP contribution in [0.2, 0.25) is 0 Å². The Bertz CT molecular complexity index is 1540. The summed E-state index contributed by atoms with van der Waals surface area (Å²) in [6.07, 6.45) is -3.61. The van der Waals surface area contributed by atoms with Crippen molar-refractivity contribution in [3.05, 3.63) is 138 Å². The van der Waals surface area contributed by atoms with Gasteiger partial charge >= 0.3 is 17.9 Å². The summed E-state index contributed by atoms with van der Waals surface area (Å²) in [7, 11) is -1.85. The van der Waals surface area contributed by atoms with Gasteiger partial charge in [-0.1, -0.05) is 72.3 Å². The van der Waals surface area contributed by atoms with Crippen molar-refractivity contribution < 1.29 is 37.5 Å². The van der Waals surface area contributed by atoms with Gasteiger partial charge in [-0.2, -0.15) is 0 Å². The maximum Gasteiger partial charge on any atom is 0.338 e. The van der Waals surface area contributed by atoms with Crippen LogP contribution in [0.25, 0.3) is 0 Å². The average molecular weight is 585 g/mol. The van der Waals surface area contributed by atoms with E-state index < -0.39 is 52.5 Å². The molecule has 0 radical (unpaired) electrons. The second-order valence-electron chi connectivity index (χ2n) is 9.59. The second-order valence-corrected chi connectivity index (χ2v) is 11.1. The van der Waals surface area contributed by atoms with Gasteiger partial charge in [-0.3, -0.25) is 4.21 Å². The zero-order chi connectivity index (χ0) is 29.5. The monoisotopic (exact) mass is 584 g/mol. The molecule has 0 aromatic heterocycles. The highest BCUT2D eigenvalue weighted by Gasteiger charge is 2.53. The number of aryl methyl sites for hydroxylation is 1. The van der Waals surface area contributed by atoms with Crippen LogP contribution >= 0.6 is 0 Å². The SMILES string of the molecule is Cc1ccc(S(=O)[C@H]2O[C@H](COC(=O)c3ccccc3)[C@@H](OC(=O)c3ccccc3)[C@@H]2OC(=O)c2ccccc2)cc1. The summed E-state index contributed by atoms with van der Waals surface area (Å²) in [5, 5.41) is 0. The van der Waals surface area contributed by atoms with Crippen molar-refractivity contribution in [2.75, 3.05) is 6.61 Å². The lowest BCUT2D eigenvalue weighted by Gasteiger charge is -2.24. The minimum Gasteiger partial charge on any atom is -0.459 e. The number of hydrogen-bond donors (Lipinski definition) is 0. The molecule has 0 N–H and O–H groups in total. The molecule has 5 atom stereocenters. The third kappa shape index (κ3) is 6.82. The molecule has 0 spiro atoms. The van der Waals surface area contributed by atoms with Crippen LogP contribution in [0.5, 0.6) is 0 Å². The Balaban J connectivity index is 1.47. The molecule has 8 nitrogen and oxygen atoms in total. The normalized spacial score (nSPS) is 20.3. The molecule has 42 heavy (non-hydrogen) atoms. The maximum atomic E-state index is 13.8. The van der Waals surface area contributed by atoms with Gasteiger partial charge in [0.15, 0.2) is 17.6 Å². The number of carbonyl (C=O) groups is 3. The third-order valence-electron chi connectivity index (χ3n) is 6.63. The molecule has 1 aliphatic heterocycles. The van der Waals surface area contributed by atoms with Crippen LogP contribution in [0.3, 0.4) is 0 Å². The summed E-state index contributed by atoms with van der Waals surface area (Å²) >= 11 is 0. The molecule has 1 fully saturated rings. The molecular weight excluding hydrogens is 556 g/mol. The van der Waals surface area contributed by atoms with Crippen LogP contribution in [0.1, 0.15) is 36.6 Å². The lowest BCUT2D eigenvalue weighted by molar-refractivity contribution is -0.0435. The molecule has 0 amide bonds. The fourth-order valence-corrected chi connectivity index (χ4v) is 5.79. The van der Waals surface area contributed by atoms with E-state index in [1.54, 1.807) is 115 Å². The third-order valence-corrected chi connectivity index (χ3v) is 8.16. The Morgan fingerprint density at radius 3 is 1.60 bits per heavy atom. The predicted molar refractivity (Wildman–Crippen MR) is 154 cm³/mol. The number of benzene rings is 4. The van der Waals surface area contributed by atoms with Gasteiger partial charge in [0.05, 0.1) is 27.5 Å². The zero-order valence-corrected chi connectivity index (χ0v) is 23.5. The fourth-order valence-electron chi connectivity index (χ4n) is 4.42. The molecule has 1 unspecified atom stereocenters. The van der Waals surface area contributed by atoms with Crippen LogP contribution in [-0.4, -0.2) is 52.5 Å². The highest BCUT2D eigenvalue weighted by molar-refractivity contribution is 7.85. The summed E-state index contributed by atoms with van der Waals surface area (Å²) in [6, 6.07) is 31.9. The second kappa shape index (κ2) is 13.4. The molecule has 5 rings (SSSR count). The van der Waals surface area contributed by atoms with Gasteiger partial charge in [-0.15, -0.1) is 0 Å². The molecule has 1 aliphatic rings. The van der Waals surface area contributed by atoms with E-state index >= 15 is 0 Å². The molecule has 0 bridgehead atoms. The molecule has 0 saturated carbocycles. The van der Waals surface area contributed by atoms with Crippen molar-refractivity contribution in [3.63, 3.8) is 0 Å². The smallest absolute Gasteiger partial charge is 0.338 e. The van der Waals surface area contributed by atoms with Crippen molar-refractivity contribution in [2.24, 2.45) is 0 Å². The van der Waals surface area contributed by atoms with Gasteiger partial charge in [0.1, 0.15) is 12.7 Å². The van der Waals surface area contributed by atoms with E-state index in [0.717, 1.165) is 5.56 Å². The van der Waals surface area contributed by atoms with Gasteiger partial charge in [0.2, 0.25) is 0 Å². The van der Waals surface area contributed by atoms with Crippen molar-refractivity contribution in [2.45, 2.75) is 35.6 Å². The van der Waals surface area contributed by atoms with Gasteiger partial charge in [0, 0.05) is 4.90 Å². The quantitative estimate of drug-likeness (QED) is 0.197. The molecule has 9 heteroatoms. The van der Waals surface area contributed by atoms with E-state index in [-0.39, 0.29) is 17.7 Å². The van der Waals surface area contributed by atoms with Crippen molar-refractivity contribution in [1.29, 1.82) is 0 Å². The topological polar surface area (TPSA) is 105 Å². The molecule has 1 saturated heterocycles. The van der Waals surface area contributed by atoms with E-state index in [1.807, 2.05) is 6.92 Å². The van der Waals surface area contributed by atoms with E-state index in [4.69, 9.17) is 18.9 Å². The van der Waals surface area contributed by atoms with Crippen LogP contribution in [0, 0.1) is 6.92 Å². The average Bonchev–Trinajstić information content (AvgIpc) is 3.37. The molecule has 1 heterocycles. The van der Waals surface area contributed by atoms with E-state index in [0.29, 0.717) is 10.5 Å².